The summed E-state index contributed by atoms with van der Waals surface area (Å²) in [6.45, 7) is 4.81. The van der Waals surface area contributed by atoms with Crippen molar-refractivity contribution in [3.63, 3.8) is 0 Å². The topological polar surface area (TPSA) is 111 Å². The zero-order valence-electron chi connectivity index (χ0n) is 53.3. The molecule has 2 atom stereocenters. The lowest BCUT2D eigenvalue weighted by Gasteiger charge is -2.26. The summed E-state index contributed by atoms with van der Waals surface area (Å²) in [4.78, 5) is 37.5. The zero-order chi connectivity index (χ0) is 57.6. The van der Waals surface area contributed by atoms with E-state index in [0.717, 1.165) is 38.5 Å². The highest BCUT2D eigenvalue weighted by Gasteiger charge is 2.22. The van der Waals surface area contributed by atoms with Gasteiger partial charge in [-0.3, -0.25) is 9.59 Å². The fraction of sp³-hybridized carbons (Fsp3) is 0.900. The van der Waals surface area contributed by atoms with Crippen molar-refractivity contribution < 1.29 is 42.9 Å². The van der Waals surface area contributed by atoms with Crippen molar-refractivity contribution >= 4 is 17.9 Å². The van der Waals surface area contributed by atoms with Crippen molar-refractivity contribution in [1.29, 1.82) is 0 Å². The molecule has 2 unspecified atom stereocenters. The summed E-state index contributed by atoms with van der Waals surface area (Å²) >= 11 is 0. The summed E-state index contributed by atoms with van der Waals surface area (Å²) in [5.41, 5.74) is 0. The largest absolute Gasteiger partial charge is 0.545 e. The van der Waals surface area contributed by atoms with Crippen LogP contribution in [0.1, 0.15) is 348 Å². The molecule has 0 aliphatic carbocycles. The second kappa shape index (κ2) is 61.8. The van der Waals surface area contributed by atoms with Gasteiger partial charge in [-0.2, -0.15) is 0 Å². The van der Waals surface area contributed by atoms with E-state index in [1.54, 1.807) is 0 Å². The van der Waals surface area contributed by atoms with Crippen LogP contribution in [0, 0.1) is 0 Å². The smallest absolute Gasteiger partial charge is 0.306 e. The molecule has 9 nitrogen and oxygen atoms in total. The lowest BCUT2D eigenvalue weighted by atomic mass is 10.0. The van der Waals surface area contributed by atoms with E-state index in [-0.39, 0.29) is 32.2 Å². The SMILES string of the molecule is CCCCCCC/C=C\C/C=C\CCCCCCCCCCCCCCCC(=O)OC(COC(=O)CCCCCCCCCCCCCCCCCCCCCCCCCCCCCCC)COC(OCC[N+](C)(C)C)C(=O)[O-]. The molecule has 0 radical (unpaired) electrons. The number of ether oxygens (including phenoxy) is 4. The van der Waals surface area contributed by atoms with Crippen LogP contribution in [0.5, 0.6) is 0 Å². The molecule has 0 bridgehead atoms. The van der Waals surface area contributed by atoms with E-state index in [2.05, 4.69) is 38.2 Å². The highest BCUT2D eigenvalue weighted by molar-refractivity contribution is 5.70. The molecule has 79 heavy (non-hydrogen) atoms. The second-order valence-corrected chi connectivity index (χ2v) is 24.8. The van der Waals surface area contributed by atoms with Gasteiger partial charge in [0, 0.05) is 12.8 Å². The first-order valence-corrected chi connectivity index (χ1v) is 34.5. The van der Waals surface area contributed by atoms with Crippen molar-refractivity contribution in [2.24, 2.45) is 0 Å². The Morgan fingerprint density at radius 3 is 1.00 bits per heavy atom. The molecule has 466 valence electrons. The number of carbonyl (C=O) groups excluding carboxylic acids is 3. The fourth-order valence-electron chi connectivity index (χ4n) is 10.4. The molecular formula is C70H133NO8. The molecule has 0 N–H and O–H groups in total. The first-order chi connectivity index (χ1) is 38.6. The van der Waals surface area contributed by atoms with Crippen LogP contribution in [0.3, 0.4) is 0 Å². The summed E-state index contributed by atoms with van der Waals surface area (Å²) < 4.78 is 22.8. The number of carboxylic acid groups (broad SMARTS) is 1. The first-order valence-electron chi connectivity index (χ1n) is 34.5. The standard InChI is InChI=1S/C70H133NO8/c1-6-8-10-12-14-16-18-20-22-24-26-28-30-32-33-34-35-37-38-40-42-44-46-48-50-52-54-56-58-60-67(72)77-64-66(65-78-70(69(74)75)76-63-62-71(3,4)5)79-68(73)61-59-57-55-53-51-49-47-45-43-41-39-36-31-29-27-25-23-21-19-17-15-13-11-9-7-2/h19,21,25,27,66,70H,6-18,20,22-24,26,28-65H2,1-5H3/b21-19-,27-25-. The molecule has 0 saturated heterocycles. The quantitative estimate of drug-likeness (QED) is 0.0195. The van der Waals surface area contributed by atoms with Crippen LogP contribution in [0.15, 0.2) is 24.3 Å². The molecule has 0 spiro atoms. The molecule has 0 aliphatic rings. The third-order valence-electron chi connectivity index (χ3n) is 15.7. The average Bonchev–Trinajstić information content (AvgIpc) is 3.42. The predicted molar refractivity (Wildman–Crippen MR) is 334 cm³/mol. The van der Waals surface area contributed by atoms with E-state index < -0.39 is 24.3 Å². The van der Waals surface area contributed by atoms with Gasteiger partial charge in [0.1, 0.15) is 13.2 Å². The van der Waals surface area contributed by atoms with Crippen molar-refractivity contribution in [2.45, 2.75) is 360 Å². The Hall–Kier alpha value is -2.23. The maximum absolute atomic E-state index is 12.9. The molecule has 9 heteroatoms. The van der Waals surface area contributed by atoms with Gasteiger partial charge in [0.15, 0.2) is 12.4 Å². The number of carboxylic acids is 1. The average molecular weight is 1120 g/mol. The number of esters is 2. The van der Waals surface area contributed by atoms with Gasteiger partial charge in [0.25, 0.3) is 0 Å². The molecule has 0 rings (SSSR count). The van der Waals surface area contributed by atoms with Crippen molar-refractivity contribution in [3.8, 4) is 0 Å². The van der Waals surface area contributed by atoms with Gasteiger partial charge >= 0.3 is 11.9 Å². The number of quaternary nitrogens is 1. The maximum Gasteiger partial charge on any atom is 0.306 e. The molecule has 0 fully saturated rings. The summed E-state index contributed by atoms with van der Waals surface area (Å²) in [6.07, 6.45) is 72.6. The van der Waals surface area contributed by atoms with Crippen LogP contribution >= 0.6 is 0 Å². The lowest BCUT2D eigenvalue weighted by molar-refractivity contribution is -0.870. The van der Waals surface area contributed by atoms with Crippen molar-refractivity contribution in [2.75, 3.05) is 47.5 Å². The summed E-state index contributed by atoms with van der Waals surface area (Å²) in [7, 11) is 5.94. The van der Waals surface area contributed by atoms with E-state index in [0.29, 0.717) is 23.9 Å². The van der Waals surface area contributed by atoms with Gasteiger partial charge < -0.3 is 33.3 Å². The number of likely N-dealkylation sites (N-methyl/N-ethyl adjacent to an activating group) is 1. The summed E-state index contributed by atoms with van der Waals surface area (Å²) in [6, 6.07) is 0. The minimum atomic E-state index is -1.62. The van der Waals surface area contributed by atoms with E-state index in [4.69, 9.17) is 18.9 Å². The monoisotopic (exact) mass is 1120 g/mol. The van der Waals surface area contributed by atoms with Crippen LogP contribution in [0.25, 0.3) is 0 Å². The van der Waals surface area contributed by atoms with E-state index >= 15 is 0 Å². The van der Waals surface area contributed by atoms with Gasteiger partial charge in [0.2, 0.25) is 0 Å². The van der Waals surface area contributed by atoms with E-state index in [1.165, 1.54) is 276 Å². The molecule has 0 heterocycles. The van der Waals surface area contributed by atoms with Crippen LogP contribution in [0.2, 0.25) is 0 Å². The maximum atomic E-state index is 12.9. The number of carbonyl (C=O) groups is 3. The Morgan fingerprint density at radius 1 is 0.380 bits per heavy atom. The van der Waals surface area contributed by atoms with Crippen LogP contribution in [-0.4, -0.2) is 82.3 Å². The Morgan fingerprint density at radius 2 is 0.684 bits per heavy atom. The van der Waals surface area contributed by atoms with Gasteiger partial charge in [0.05, 0.1) is 40.3 Å². The Balaban J connectivity index is 4.07. The Labute approximate surface area is 490 Å². The number of hydrogen-bond acceptors (Lipinski definition) is 8. The Kier molecular flexibility index (Phi) is 60.1. The van der Waals surface area contributed by atoms with E-state index in [1.807, 2.05) is 21.1 Å². The normalized spacial score (nSPS) is 12.8. The Bertz CT molecular complexity index is 1340. The van der Waals surface area contributed by atoms with Crippen LogP contribution in [0.4, 0.5) is 0 Å². The van der Waals surface area contributed by atoms with E-state index in [9.17, 15) is 19.5 Å². The number of rotatable bonds is 65. The zero-order valence-corrected chi connectivity index (χ0v) is 53.3. The minimum Gasteiger partial charge on any atom is -0.545 e. The number of aliphatic carboxylic acids is 1. The number of hydrogen-bond donors (Lipinski definition) is 0. The summed E-state index contributed by atoms with van der Waals surface area (Å²) in [5, 5.41) is 11.8. The highest BCUT2D eigenvalue weighted by Crippen LogP contribution is 2.19. The minimum absolute atomic E-state index is 0.151. The molecule has 0 aromatic rings. The summed E-state index contributed by atoms with van der Waals surface area (Å²) in [5.74, 6) is -2.26. The van der Waals surface area contributed by atoms with Gasteiger partial charge in [-0.25, -0.2) is 0 Å². The fourth-order valence-corrected chi connectivity index (χ4v) is 10.4. The van der Waals surface area contributed by atoms with Crippen molar-refractivity contribution in [1.82, 2.24) is 0 Å². The van der Waals surface area contributed by atoms with Crippen molar-refractivity contribution in [3.05, 3.63) is 24.3 Å². The van der Waals surface area contributed by atoms with Crippen LogP contribution in [-0.2, 0) is 33.3 Å². The van der Waals surface area contributed by atoms with Gasteiger partial charge in [-0.15, -0.1) is 0 Å². The third kappa shape index (κ3) is 63.2. The molecular weight excluding hydrogens is 983 g/mol. The molecule has 0 aromatic heterocycles. The third-order valence-corrected chi connectivity index (χ3v) is 15.7. The second-order valence-electron chi connectivity index (χ2n) is 24.8. The molecule has 0 aromatic carbocycles. The predicted octanol–water partition coefficient (Wildman–Crippen LogP) is 19.7. The van der Waals surface area contributed by atoms with Gasteiger partial charge in [-0.05, 0) is 44.9 Å². The lowest BCUT2D eigenvalue weighted by Crippen LogP contribution is -2.44. The highest BCUT2D eigenvalue weighted by atomic mass is 16.7. The molecule has 0 aliphatic heterocycles. The molecule has 0 amide bonds. The number of allylic oxidation sites excluding steroid dienone is 4. The number of nitrogens with zero attached hydrogens (tertiary/aromatic N) is 1. The molecule has 0 saturated carbocycles. The van der Waals surface area contributed by atoms with Gasteiger partial charge in [-0.1, -0.05) is 314 Å². The van der Waals surface area contributed by atoms with Crippen LogP contribution < -0.4 is 5.11 Å². The number of unbranched alkanes of at least 4 members (excludes halogenated alkanes) is 46. The first kappa shape index (κ1) is 76.8.